The Bertz CT molecular complexity index is 338. The molecule has 23 heavy (non-hydrogen) atoms. The van der Waals surface area contributed by atoms with Crippen LogP contribution in [-0.4, -0.2) is 88.4 Å². The van der Waals surface area contributed by atoms with E-state index in [1.807, 2.05) is 0 Å². The molecule has 0 amide bonds. The van der Waals surface area contributed by atoms with E-state index in [0.29, 0.717) is 0 Å². The van der Waals surface area contributed by atoms with E-state index in [0.717, 1.165) is 32.0 Å². The minimum Gasteiger partial charge on any atom is -0.377 e. The summed E-state index contributed by atoms with van der Waals surface area (Å²) in [7, 11) is 5.75. The van der Waals surface area contributed by atoms with Crippen LogP contribution in [0, 0.1) is 0 Å². The summed E-state index contributed by atoms with van der Waals surface area (Å²) < 4.78 is 5.40. The molecule has 0 aromatic rings. The molecular formula is C16H36IN5O. The summed E-state index contributed by atoms with van der Waals surface area (Å²) in [4.78, 5) is 9.24. The fourth-order valence-corrected chi connectivity index (χ4v) is 2.42. The maximum atomic E-state index is 5.40. The third-order valence-electron chi connectivity index (χ3n) is 4.21. The largest absolute Gasteiger partial charge is 0.377 e. The molecule has 0 unspecified atom stereocenters. The predicted molar refractivity (Wildman–Crippen MR) is 109 cm³/mol. The summed E-state index contributed by atoms with van der Waals surface area (Å²) >= 11 is 0. The van der Waals surface area contributed by atoms with E-state index in [-0.39, 0.29) is 29.6 Å². The van der Waals surface area contributed by atoms with Gasteiger partial charge in [-0.2, -0.15) is 0 Å². The van der Waals surface area contributed by atoms with Gasteiger partial charge in [-0.1, -0.05) is 0 Å². The van der Waals surface area contributed by atoms with E-state index in [1.54, 1.807) is 14.2 Å². The van der Waals surface area contributed by atoms with Crippen molar-refractivity contribution in [2.75, 3.05) is 67.0 Å². The van der Waals surface area contributed by atoms with Gasteiger partial charge >= 0.3 is 0 Å². The van der Waals surface area contributed by atoms with Gasteiger partial charge in [0.05, 0.1) is 5.60 Å². The molecule has 1 saturated heterocycles. The normalized spacial score (nSPS) is 18.2. The van der Waals surface area contributed by atoms with Gasteiger partial charge in [0.25, 0.3) is 0 Å². The van der Waals surface area contributed by atoms with Crippen molar-refractivity contribution in [1.82, 2.24) is 20.4 Å². The number of hydrogen-bond donors (Lipinski definition) is 2. The zero-order chi connectivity index (χ0) is 16.4. The quantitative estimate of drug-likeness (QED) is 0.269. The number of ether oxygens (including phenoxy) is 1. The third-order valence-corrected chi connectivity index (χ3v) is 4.21. The van der Waals surface area contributed by atoms with Crippen molar-refractivity contribution in [3.05, 3.63) is 0 Å². The molecule has 1 aliphatic rings. The molecule has 0 aromatic carbocycles. The van der Waals surface area contributed by atoms with Crippen LogP contribution >= 0.6 is 24.0 Å². The number of guanidine groups is 1. The van der Waals surface area contributed by atoms with Gasteiger partial charge in [0.2, 0.25) is 0 Å². The van der Waals surface area contributed by atoms with Crippen LogP contribution in [0.25, 0.3) is 0 Å². The van der Waals surface area contributed by atoms with Crippen LogP contribution < -0.4 is 10.6 Å². The lowest BCUT2D eigenvalue weighted by Gasteiger charge is -2.24. The van der Waals surface area contributed by atoms with Crippen molar-refractivity contribution in [3.8, 4) is 0 Å². The summed E-state index contributed by atoms with van der Waals surface area (Å²) in [5, 5.41) is 6.68. The SMILES string of the molecule is CN=C(NCCCN1CCCN(C)CC1)NCC(C)(C)OC.I. The van der Waals surface area contributed by atoms with Crippen LogP contribution in [0.15, 0.2) is 4.99 Å². The van der Waals surface area contributed by atoms with Gasteiger partial charge in [-0.25, -0.2) is 0 Å². The van der Waals surface area contributed by atoms with Crippen molar-refractivity contribution in [2.24, 2.45) is 4.99 Å². The van der Waals surface area contributed by atoms with E-state index in [9.17, 15) is 0 Å². The first-order valence-electron chi connectivity index (χ1n) is 8.37. The Morgan fingerprint density at radius 3 is 2.57 bits per heavy atom. The van der Waals surface area contributed by atoms with E-state index in [4.69, 9.17) is 4.74 Å². The molecule has 0 aromatic heterocycles. The van der Waals surface area contributed by atoms with Gasteiger partial charge in [0.1, 0.15) is 0 Å². The van der Waals surface area contributed by atoms with Crippen LogP contribution in [-0.2, 0) is 4.74 Å². The fraction of sp³-hybridized carbons (Fsp3) is 0.938. The Morgan fingerprint density at radius 2 is 1.91 bits per heavy atom. The van der Waals surface area contributed by atoms with Gasteiger partial charge in [-0.05, 0) is 53.4 Å². The van der Waals surface area contributed by atoms with Crippen LogP contribution in [0.1, 0.15) is 26.7 Å². The van der Waals surface area contributed by atoms with Crippen molar-refractivity contribution in [2.45, 2.75) is 32.3 Å². The van der Waals surface area contributed by atoms with E-state index >= 15 is 0 Å². The first-order valence-corrected chi connectivity index (χ1v) is 8.37. The van der Waals surface area contributed by atoms with E-state index in [1.165, 1.54) is 32.6 Å². The predicted octanol–water partition coefficient (Wildman–Crippen LogP) is 1.22. The molecule has 7 heteroatoms. The summed E-state index contributed by atoms with van der Waals surface area (Å²) in [6.07, 6.45) is 2.41. The summed E-state index contributed by atoms with van der Waals surface area (Å²) in [5.41, 5.74) is -0.185. The maximum absolute atomic E-state index is 5.40. The number of rotatable bonds is 7. The lowest BCUT2D eigenvalue weighted by Crippen LogP contribution is -2.45. The van der Waals surface area contributed by atoms with Gasteiger partial charge in [0, 0.05) is 40.3 Å². The van der Waals surface area contributed by atoms with E-state index in [2.05, 4.69) is 46.3 Å². The van der Waals surface area contributed by atoms with Gasteiger partial charge in [0.15, 0.2) is 5.96 Å². The van der Waals surface area contributed by atoms with Crippen LogP contribution in [0.2, 0.25) is 0 Å². The molecule has 1 aliphatic heterocycles. The lowest BCUT2D eigenvalue weighted by atomic mass is 10.1. The second kappa shape index (κ2) is 12.3. The van der Waals surface area contributed by atoms with Crippen LogP contribution in [0.4, 0.5) is 0 Å². The fourth-order valence-electron chi connectivity index (χ4n) is 2.42. The Labute approximate surface area is 159 Å². The molecule has 1 fully saturated rings. The minimum absolute atomic E-state index is 0. The van der Waals surface area contributed by atoms with Crippen molar-refractivity contribution < 1.29 is 4.74 Å². The molecule has 0 aliphatic carbocycles. The lowest BCUT2D eigenvalue weighted by molar-refractivity contribution is 0.0268. The first kappa shape index (κ1) is 22.9. The topological polar surface area (TPSA) is 52.1 Å². The summed E-state index contributed by atoms with van der Waals surface area (Å²) in [6, 6.07) is 0. The van der Waals surface area contributed by atoms with E-state index < -0.39 is 0 Å². The number of methoxy groups -OCH3 is 1. The molecule has 138 valence electrons. The molecule has 0 atom stereocenters. The highest BCUT2D eigenvalue weighted by molar-refractivity contribution is 14.0. The monoisotopic (exact) mass is 441 g/mol. The minimum atomic E-state index is -0.185. The average Bonchev–Trinajstić information content (AvgIpc) is 2.71. The number of likely N-dealkylation sites (N-methyl/N-ethyl adjacent to an activating group) is 1. The highest BCUT2D eigenvalue weighted by atomic mass is 127. The molecule has 0 radical (unpaired) electrons. The Balaban J connectivity index is 0.00000484. The number of nitrogens with one attached hydrogen (secondary N) is 2. The second-order valence-electron chi connectivity index (χ2n) is 6.67. The summed E-state index contributed by atoms with van der Waals surface area (Å²) in [5.74, 6) is 0.848. The Kier molecular flexibility index (Phi) is 12.2. The molecular weight excluding hydrogens is 405 g/mol. The van der Waals surface area contributed by atoms with Crippen molar-refractivity contribution in [3.63, 3.8) is 0 Å². The second-order valence-corrected chi connectivity index (χ2v) is 6.67. The first-order chi connectivity index (χ1) is 10.5. The Hall–Kier alpha value is -0.120. The molecule has 0 spiro atoms. The third kappa shape index (κ3) is 10.4. The number of nitrogens with zero attached hydrogens (tertiary/aromatic N) is 3. The highest BCUT2D eigenvalue weighted by Crippen LogP contribution is 2.04. The zero-order valence-corrected chi connectivity index (χ0v) is 17.9. The molecule has 6 nitrogen and oxygen atoms in total. The van der Waals surface area contributed by atoms with Crippen LogP contribution in [0.3, 0.4) is 0 Å². The Morgan fingerprint density at radius 1 is 1.17 bits per heavy atom. The average molecular weight is 441 g/mol. The number of aliphatic imine (C=N–C) groups is 1. The molecule has 1 rings (SSSR count). The standard InChI is InChI=1S/C16H35N5O.HI/c1-16(2,22-5)14-19-15(17-3)18-8-6-10-21-11-7-9-20(4)12-13-21;/h6-14H2,1-5H3,(H2,17,18,19);1H. The number of halogens is 1. The molecule has 0 bridgehead atoms. The maximum Gasteiger partial charge on any atom is 0.191 e. The van der Waals surface area contributed by atoms with Gasteiger partial charge in [-0.3, -0.25) is 4.99 Å². The summed E-state index contributed by atoms with van der Waals surface area (Å²) in [6.45, 7) is 11.8. The smallest absolute Gasteiger partial charge is 0.191 e. The van der Waals surface area contributed by atoms with Crippen molar-refractivity contribution in [1.29, 1.82) is 0 Å². The molecule has 1 heterocycles. The van der Waals surface area contributed by atoms with Crippen LogP contribution in [0.5, 0.6) is 0 Å². The molecule has 0 saturated carbocycles. The van der Waals surface area contributed by atoms with Gasteiger partial charge < -0.3 is 25.2 Å². The molecule has 2 N–H and O–H groups in total. The zero-order valence-electron chi connectivity index (χ0n) is 15.5. The van der Waals surface area contributed by atoms with Crippen molar-refractivity contribution >= 4 is 29.9 Å². The number of hydrogen-bond acceptors (Lipinski definition) is 4. The van der Waals surface area contributed by atoms with Gasteiger partial charge in [-0.15, -0.1) is 24.0 Å². The highest BCUT2D eigenvalue weighted by Gasteiger charge is 2.16.